The average molecular weight is 411 g/mol. The summed E-state index contributed by atoms with van der Waals surface area (Å²) in [5, 5.41) is 10.7. The van der Waals surface area contributed by atoms with E-state index in [1.54, 1.807) is 58.3 Å². The van der Waals surface area contributed by atoms with E-state index in [4.69, 9.17) is 5.26 Å². The Bertz CT molecular complexity index is 1210. The Hall–Kier alpha value is -3.98. The van der Waals surface area contributed by atoms with E-state index in [1.807, 2.05) is 25.1 Å². The summed E-state index contributed by atoms with van der Waals surface area (Å²) in [5.41, 5.74) is 1.47. The lowest BCUT2D eigenvalue weighted by Gasteiger charge is -2.39. The smallest absolute Gasteiger partial charge is 0.295 e. The number of Topliss-reactive ketones (excluding diaryl/α,β-unsaturated/α-hetero) is 1. The number of hydrogen-bond acceptors (Lipinski definition) is 4. The van der Waals surface area contributed by atoms with Gasteiger partial charge < -0.3 is 9.80 Å². The standard InChI is InChI=1S/C25H21N3O3/c1-17-16-27(24(30)19-5-3-2-4-6-19)11-12-28(17)25(31)23(29)22-10-9-20-13-18(15-26)7-8-21(20)14-22/h2-10,13-14,17H,11-12,16H2,1H3/t17-/m1/s1. The highest BCUT2D eigenvalue weighted by molar-refractivity contribution is 6.43. The molecule has 4 rings (SSSR count). The molecule has 1 heterocycles. The molecule has 1 aliphatic rings. The summed E-state index contributed by atoms with van der Waals surface area (Å²) in [6, 6.07) is 21.1. The molecule has 0 unspecified atom stereocenters. The highest BCUT2D eigenvalue weighted by Crippen LogP contribution is 2.20. The monoisotopic (exact) mass is 411 g/mol. The van der Waals surface area contributed by atoms with Crippen molar-refractivity contribution < 1.29 is 14.4 Å². The van der Waals surface area contributed by atoms with Crippen LogP contribution >= 0.6 is 0 Å². The van der Waals surface area contributed by atoms with Crippen LogP contribution in [0.5, 0.6) is 0 Å². The van der Waals surface area contributed by atoms with Crippen LogP contribution in [0.15, 0.2) is 66.7 Å². The number of hydrogen-bond donors (Lipinski definition) is 0. The Morgan fingerprint density at radius 2 is 1.61 bits per heavy atom. The fraction of sp³-hybridized carbons (Fsp3) is 0.200. The Balaban J connectivity index is 1.47. The van der Waals surface area contributed by atoms with Crippen molar-refractivity contribution in [3.63, 3.8) is 0 Å². The molecule has 6 nitrogen and oxygen atoms in total. The van der Waals surface area contributed by atoms with Gasteiger partial charge in [0.05, 0.1) is 11.6 Å². The van der Waals surface area contributed by atoms with Gasteiger partial charge in [-0.05, 0) is 48.0 Å². The number of rotatable bonds is 3. The van der Waals surface area contributed by atoms with Gasteiger partial charge in [-0.1, -0.05) is 36.4 Å². The maximum absolute atomic E-state index is 12.9. The van der Waals surface area contributed by atoms with Gasteiger partial charge in [0.25, 0.3) is 11.8 Å². The molecular weight excluding hydrogens is 390 g/mol. The third-order valence-electron chi connectivity index (χ3n) is 5.62. The number of carbonyl (C=O) groups is 3. The molecule has 1 aliphatic heterocycles. The van der Waals surface area contributed by atoms with Crippen molar-refractivity contribution in [3.8, 4) is 6.07 Å². The zero-order chi connectivity index (χ0) is 22.0. The largest absolute Gasteiger partial charge is 0.335 e. The third kappa shape index (κ3) is 4.03. The fourth-order valence-corrected chi connectivity index (χ4v) is 3.92. The Morgan fingerprint density at radius 3 is 2.32 bits per heavy atom. The molecule has 0 spiro atoms. The first-order valence-corrected chi connectivity index (χ1v) is 10.1. The second kappa shape index (κ2) is 8.41. The molecule has 0 aliphatic carbocycles. The van der Waals surface area contributed by atoms with E-state index in [9.17, 15) is 14.4 Å². The van der Waals surface area contributed by atoms with Crippen molar-refractivity contribution in [3.05, 3.63) is 83.4 Å². The summed E-state index contributed by atoms with van der Waals surface area (Å²) in [7, 11) is 0. The minimum atomic E-state index is -0.569. The van der Waals surface area contributed by atoms with Gasteiger partial charge in [-0.2, -0.15) is 5.26 Å². The minimum Gasteiger partial charge on any atom is -0.335 e. The zero-order valence-corrected chi connectivity index (χ0v) is 17.1. The molecule has 6 heteroatoms. The Labute approximate surface area is 180 Å². The molecule has 0 radical (unpaired) electrons. The summed E-state index contributed by atoms with van der Waals surface area (Å²) in [6.07, 6.45) is 0. The topological polar surface area (TPSA) is 81.5 Å². The van der Waals surface area contributed by atoms with Gasteiger partial charge in [0.15, 0.2) is 0 Å². The van der Waals surface area contributed by atoms with Crippen molar-refractivity contribution in [2.24, 2.45) is 0 Å². The van der Waals surface area contributed by atoms with Gasteiger partial charge in [0, 0.05) is 36.8 Å². The van der Waals surface area contributed by atoms with Gasteiger partial charge in [-0.15, -0.1) is 0 Å². The molecule has 1 saturated heterocycles. The number of nitriles is 1. The molecular formula is C25H21N3O3. The van der Waals surface area contributed by atoms with Crippen LogP contribution in [0.3, 0.4) is 0 Å². The normalized spacial score (nSPS) is 16.1. The molecule has 2 amide bonds. The molecule has 3 aromatic carbocycles. The second-order valence-electron chi connectivity index (χ2n) is 7.68. The molecule has 0 aromatic heterocycles. The molecule has 0 bridgehead atoms. The lowest BCUT2D eigenvalue weighted by molar-refractivity contribution is -0.130. The van der Waals surface area contributed by atoms with Crippen molar-refractivity contribution in [2.45, 2.75) is 13.0 Å². The Kier molecular flexibility index (Phi) is 5.50. The van der Waals surface area contributed by atoms with E-state index in [0.29, 0.717) is 36.3 Å². The van der Waals surface area contributed by atoms with Gasteiger partial charge >= 0.3 is 0 Å². The zero-order valence-electron chi connectivity index (χ0n) is 17.1. The maximum Gasteiger partial charge on any atom is 0.295 e. The van der Waals surface area contributed by atoms with Crippen LogP contribution in [0.25, 0.3) is 10.8 Å². The van der Waals surface area contributed by atoms with Crippen LogP contribution in [-0.4, -0.2) is 53.1 Å². The number of ketones is 1. The predicted octanol–water partition coefficient (Wildman–Crippen LogP) is 3.27. The van der Waals surface area contributed by atoms with Crippen LogP contribution in [0, 0.1) is 11.3 Å². The van der Waals surface area contributed by atoms with E-state index >= 15 is 0 Å². The fourth-order valence-electron chi connectivity index (χ4n) is 3.92. The van der Waals surface area contributed by atoms with Gasteiger partial charge in [0.2, 0.25) is 5.78 Å². The van der Waals surface area contributed by atoms with Crippen molar-refractivity contribution >= 4 is 28.4 Å². The first kappa shape index (κ1) is 20.3. The third-order valence-corrected chi connectivity index (χ3v) is 5.62. The highest BCUT2D eigenvalue weighted by Gasteiger charge is 2.33. The number of benzene rings is 3. The number of amides is 2. The quantitative estimate of drug-likeness (QED) is 0.489. The van der Waals surface area contributed by atoms with Crippen LogP contribution in [0.4, 0.5) is 0 Å². The number of carbonyl (C=O) groups excluding carboxylic acids is 3. The minimum absolute atomic E-state index is 0.0721. The molecule has 0 N–H and O–H groups in total. The molecule has 31 heavy (non-hydrogen) atoms. The molecule has 1 atom stereocenters. The summed E-state index contributed by atoms with van der Waals surface area (Å²) >= 11 is 0. The molecule has 1 fully saturated rings. The number of fused-ring (bicyclic) bond motifs is 1. The van der Waals surface area contributed by atoms with Gasteiger partial charge in [-0.25, -0.2) is 0 Å². The van der Waals surface area contributed by atoms with Crippen LogP contribution in [0.2, 0.25) is 0 Å². The predicted molar refractivity (Wildman–Crippen MR) is 117 cm³/mol. The van der Waals surface area contributed by atoms with Crippen LogP contribution < -0.4 is 0 Å². The van der Waals surface area contributed by atoms with E-state index in [0.717, 1.165) is 10.8 Å². The first-order chi connectivity index (χ1) is 15.0. The van der Waals surface area contributed by atoms with E-state index in [2.05, 4.69) is 6.07 Å². The molecule has 0 saturated carbocycles. The van der Waals surface area contributed by atoms with E-state index in [1.165, 1.54) is 0 Å². The van der Waals surface area contributed by atoms with E-state index < -0.39 is 11.7 Å². The van der Waals surface area contributed by atoms with Crippen molar-refractivity contribution in [1.82, 2.24) is 9.80 Å². The lowest BCUT2D eigenvalue weighted by Crippen LogP contribution is -2.56. The average Bonchev–Trinajstić information content (AvgIpc) is 2.82. The highest BCUT2D eigenvalue weighted by atomic mass is 16.2. The summed E-state index contributed by atoms with van der Waals surface area (Å²) in [5.74, 6) is -1.20. The van der Waals surface area contributed by atoms with Crippen molar-refractivity contribution in [1.29, 1.82) is 5.26 Å². The maximum atomic E-state index is 12.9. The Morgan fingerprint density at radius 1 is 0.903 bits per heavy atom. The van der Waals surface area contributed by atoms with Gasteiger partial charge in [-0.3, -0.25) is 14.4 Å². The van der Waals surface area contributed by atoms with Crippen LogP contribution in [-0.2, 0) is 4.79 Å². The van der Waals surface area contributed by atoms with Gasteiger partial charge in [0.1, 0.15) is 0 Å². The summed E-state index contributed by atoms with van der Waals surface area (Å²) in [6.45, 7) is 2.91. The lowest BCUT2D eigenvalue weighted by atomic mass is 10.0. The van der Waals surface area contributed by atoms with Crippen molar-refractivity contribution in [2.75, 3.05) is 19.6 Å². The SMILES string of the molecule is C[C@@H]1CN(C(=O)c2ccccc2)CCN1C(=O)C(=O)c1ccc2cc(C#N)ccc2c1. The number of nitrogens with zero attached hydrogens (tertiary/aromatic N) is 3. The van der Waals surface area contributed by atoms with Crippen LogP contribution in [0.1, 0.15) is 33.2 Å². The summed E-state index contributed by atoms with van der Waals surface area (Å²) in [4.78, 5) is 41.7. The first-order valence-electron chi connectivity index (χ1n) is 10.1. The number of piperazine rings is 1. The van der Waals surface area contributed by atoms with E-state index in [-0.39, 0.29) is 11.9 Å². The second-order valence-corrected chi connectivity index (χ2v) is 7.68. The summed E-state index contributed by atoms with van der Waals surface area (Å²) < 4.78 is 0. The molecule has 3 aromatic rings. The molecule has 154 valence electrons.